The van der Waals surface area contributed by atoms with E-state index < -0.39 is 0 Å². The molecule has 1 aliphatic heterocycles. The molecule has 1 aliphatic rings. The smallest absolute Gasteiger partial charge is 0.312 e. The number of nitrogens with zero attached hydrogens (tertiary/aromatic N) is 4. The molecule has 2 aromatic carbocycles. The Morgan fingerprint density at radius 2 is 1.96 bits per heavy atom. The number of rotatable bonds is 2. The number of fused-ring (bicyclic) bond motifs is 4. The quantitative estimate of drug-likeness (QED) is 0.392. The van der Waals surface area contributed by atoms with Crippen molar-refractivity contribution in [3.63, 3.8) is 0 Å². The van der Waals surface area contributed by atoms with Crippen molar-refractivity contribution in [3.05, 3.63) is 53.6 Å². The first kappa shape index (κ1) is 16.1. The zero-order valence-corrected chi connectivity index (χ0v) is 15.7. The summed E-state index contributed by atoms with van der Waals surface area (Å²) >= 11 is 1.17. The zero-order chi connectivity index (χ0) is 18.5. The molecule has 0 unspecified atom stereocenters. The van der Waals surface area contributed by atoms with Gasteiger partial charge >= 0.3 is 5.97 Å². The summed E-state index contributed by atoms with van der Waals surface area (Å²) in [5.74, 6) is 0.991. The Morgan fingerprint density at radius 1 is 1.11 bits per heavy atom. The van der Waals surface area contributed by atoms with E-state index in [1.54, 1.807) is 0 Å². The van der Waals surface area contributed by atoms with Crippen LogP contribution in [0.3, 0.4) is 0 Å². The molecule has 4 aromatic rings. The van der Waals surface area contributed by atoms with E-state index in [1.807, 2.05) is 55.4 Å². The molecule has 0 aliphatic carbocycles. The Bertz CT molecular complexity index is 1200. The molecular formula is C20H16N4O2S. The third-order valence-electron chi connectivity index (χ3n) is 4.90. The maximum Gasteiger partial charge on any atom is 0.312 e. The van der Waals surface area contributed by atoms with Gasteiger partial charge in [0.1, 0.15) is 22.6 Å². The summed E-state index contributed by atoms with van der Waals surface area (Å²) in [5, 5.41) is 1.04. The Balaban J connectivity index is 1.81. The summed E-state index contributed by atoms with van der Waals surface area (Å²) in [4.78, 5) is 19.2. The van der Waals surface area contributed by atoms with Gasteiger partial charge in [-0.05, 0) is 24.3 Å². The molecule has 1 atom stereocenters. The minimum Gasteiger partial charge on any atom is -0.426 e. The van der Waals surface area contributed by atoms with Gasteiger partial charge in [0, 0.05) is 36.5 Å². The van der Waals surface area contributed by atoms with Crippen molar-refractivity contribution in [2.45, 2.75) is 12.3 Å². The van der Waals surface area contributed by atoms with Crippen LogP contribution < -0.4 is 9.64 Å². The van der Waals surface area contributed by atoms with Crippen LogP contribution in [0.1, 0.15) is 23.5 Å². The molecule has 0 bridgehead atoms. The molecule has 27 heavy (non-hydrogen) atoms. The highest BCUT2D eigenvalue weighted by Crippen LogP contribution is 2.45. The number of anilines is 1. The predicted octanol–water partition coefficient (Wildman–Crippen LogP) is 3.75. The van der Waals surface area contributed by atoms with E-state index in [4.69, 9.17) is 9.72 Å². The topological polar surface area (TPSA) is 68.2 Å². The van der Waals surface area contributed by atoms with E-state index in [0.29, 0.717) is 5.75 Å². The van der Waals surface area contributed by atoms with E-state index in [9.17, 15) is 4.79 Å². The van der Waals surface area contributed by atoms with Crippen LogP contribution in [0.25, 0.3) is 21.9 Å². The monoisotopic (exact) mass is 376 g/mol. The van der Waals surface area contributed by atoms with Crippen molar-refractivity contribution in [1.82, 2.24) is 13.7 Å². The Hall–Kier alpha value is -3.06. The first-order chi connectivity index (χ1) is 13.1. The summed E-state index contributed by atoms with van der Waals surface area (Å²) in [6.07, 6.45) is 0.254. The summed E-state index contributed by atoms with van der Waals surface area (Å²) < 4.78 is 14.3. The lowest BCUT2D eigenvalue weighted by Gasteiger charge is -2.28. The number of esters is 1. The second kappa shape index (κ2) is 5.99. The summed E-state index contributed by atoms with van der Waals surface area (Å²) in [5.41, 5.74) is 4.46. The van der Waals surface area contributed by atoms with Crippen LogP contribution in [0.2, 0.25) is 0 Å². The lowest BCUT2D eigenvalue weighted by Crippen LogP contribution is -2.23. The average molecular weight is 376 g/mol. The molecule has 7 heteroatoms. The molecule has 0 radical (unpaired) electrons. The third-order valence-corrected chi connectivity index (χ3v) is 5.44. The normalized spacial score (nSPS) is 16.4. The molecule has 5 rings (SSSR count). The number of carbonyl (C=O) groups excluding carboxylic acids is 1. The first-order valence-electron chi connectivity index (χ1n) is 8.64. The van der Waals surface area contributed by atoms with Gasteiger partial charge in [-0.25, -0.2) is 4.98 Å². The van der Waals surface area contributed by atoms with Gasteiger partial charge in [0.25, 0.3) is 0 Å². The van der Waals surface area contributed by atoms with Gasteiger partial charge in [-0.2, -0.15) is 8.75 Å². The SMILES string of the molecule is CN(C)c1nc2ccccc2cc1[C@H]1CC(=O)Oc2ccc3nsnc3c21. The van der Waals surface area contributed by atoms with Crippen molar-refractivity contribution in [3.8, 4) is 5.75 Å². The van der Waals surface area contributed by atoms with Crippen LogP contribution in [0.5, 0.6) is 5.75 Å². The number of hydrogen-bond donors (Lipinski definition) is 0. The molecule has 0 saturated heterocycles. The fraction of sp³-hybridized carbons (Fsp3) is 0.200. The minimum absolute atomic E-state index is 0.177. The second-order valence-corrected chi connectivity index (χ2v) is 7.36. The maximum absolute atomic E-state index is 12.3. The number of pyridine rings is 1. The molecular weight excluding hydrogens is 360 g/mol. The second-order valence-electron chi connectivity index (χ2n) is 6.83. The first-order valence-corrected chi connectivity index (χ1v) is 9.37. The number of ether oxygens (including phenoxy) is 1. The van der Waals surface area contributed by atoms with Gasteiger partial charge in [-0.1, -0.05) is 18.2 Å². The van der Waals surface area contributed by atoms with Crippen LogP contribution in [0.15, 0.2) is 42.5 Å². The van der Waals surface area contributed by atoms with Crippen molar-refractivity contribution < 1.29 is 9.53 Å². The van der Waals surface area contributed by atoms with Crippen LogP contribution in [-0.2, 0) is 4.79 Å². The van der Waals surface area contributed by atoms with Gasteiger partial charge in [-0.15, -0.1) is 0 Å². The molecule has 0 fully saturated rings. The van der Waals surface area contributed by atoms with Gasteiger partial charge in [0.2, 0.25) is 0 Å². The number of para-hydroxylation sites is 1. The van der Waals surface area contributed by atoms with Crippen molar-refractivity contribution in [1.29, 1.82) is 0 Å². The Labute approximate surface area is 159 Å². The molecule has 3 heterocycles. The van der Waals surface area contributed by atoms with E-state index in [0.717, 1.165) is 38.9 Å². The van der Waals surface area contributed by atoms with Crippen LogP contribution in [0, 0.1) is 0 Å². The highest BCUT2D eigenvalue weighted by molar-refractivity contribution is 7.00. The number of hydrogen-bond acceptors (Lipinski definition) is 7. The summed E-state index contributed by atoms with van der Waals surface area (Å²) in [6.45, 7) is 0. The van der Waals surface area contributed by atoms with Gasteiger partial charge in [-0.3, -0.25) is 4.79 Å². The average Bonchev–Trinajstić information content (AvgIpc) is 3.15. The summed E-state index contributed by atoms with van der Waals surface area (Å²) in [6, 6.07) is 13.8. The lowest BCUT2D eigenvalue weighted by molar-refractivity contribution is -0.135. The van der Waals surface area contributed by atoms with E-state index >= 15 is 0 Å². The van der Waals surface area contributed by atoms with Crippen LogP contribution in [0.4, 0.5) is 5.82 Å². The van der Waals surface area contributed by atoms with E-state index in [-0.39, 0.29) is 18.3 Å². The van der Waals surface area contributed by atoms with Gasteiger partial charge < -0.3 is 9.64 Å². The van der Waals surface area contributed by atoms with Crippen molar-refractivity contribution >= 4 is 45.5 Å². The molecule has 2 aromatic heterocycles. The fourth-order valence-corrected chi connectivity index (χ4v) is 4.26. The zero-order valence-electron chi connectivity index (χ0n) is 14.8. The van der Waals surface area contributed by atoms with Crippen molar-refractivity contribution in [2.24, 2.45) is 0 Å². The minimum atomic E-state index is -0.243. The highest BCUT2D eigenvalue weighted by Gasteiger charge is 2.33. The van der Waals surface area contributed by atoms with E-state index in [2.05, 4.69) is 14.8 Å². The lowest BCUT2D eigenvalue weighted by atomic mass is 9.85. The Morgan fingerprint density at radius 3 is 2.81 bits per heavy atom. The molecule has 134 valence electrons. The molecule has 0 spiro atoms. The molecule has 6 nitrogen and oxygen atoms in total. The van der Waals surface area contributed by atoms with Crippen molar-refractivity contribution in [2.75, 3.05) is 19.0 Å². The number of aromatic nitrogens is 3. The number of carbonyl (C=O) groups is 1. The maximum atomic E-state index is 12.3. The molecule has 0 saturated carbocycles. The summed E-state index contributed by atoms with van der Waals surface area (Å²) in [7, 11) is 3.93. The largest absolute Gasteiger partial charge is 0.426 e. The fourth-order valence-electron chi connectivity index (χ4n) is 3.71. The van der Waals surface area contributed by atoms with E-state index in [1.165, 1.54) is 11.7 Å². The van der Waals surface area contributed by atoms with Gasteiger partial charge in [0.15, 0.2) is 0 Å². The highest BCUT2D eigenvalue weighted by atomic mass is 32.1. The molecule has 0 N–H and O–H groups in total. The van der Waals surface area contributed by atoms with Crippen LogP contribution >= 0.6 is 11.7 Å². The standard InChI is InChI=1S/C20H16N4O2S/c1-24(2)20-13(9-11-5-3-4-6-14(11)21-20)12-10-17(25)26-16-8-7-15-19(18(12)16)23-27-22-15/h3-9,12H,10H2,1-2H3/t12-/m1/s1. The third kappa shape index (κ3) is 2.54. The predicted molar refractivity (Wildman–Crippen MR) is 106 cm³/mol. The van der Waals surface area contributed by atoms with Crippen LogP contribution in [-0.4, -0.2) is 33.8 Å². The molecule has 0 amide bonds. The Kier molecular flexibility index (Phi) is 3.58. The van der Waals surface area contributed by atoms with Gasteiger partial charge in [0.05, 0.1) is 23.7 Å². The number of benzene rings is 2.